The average molecular weight is 482 g/mol. The van der Waals surface area contributed by atoms with Crippen LogP contribution in [0.1, 0.15) is 28.7 Å². The van der Waals surface area contributed by atoms with E-state index in [2.05, 4.69) is 20.3 Å². The molecule has 0 aliphatic rings. The molecule has 0 fully saturated rings. The number of ether oxygens (including phenoxy) is 1. The van der Waals surface area contributed by atoms with Gasteiger partial charge in [0.2, 0.25) is 5.88 Å². The van der Waals surface area contributed by atoms with E-state index < -0.39 is 23.5 Å². The quantitative estimate of drug-likeness (QED) is 0.326. The van der Waals surface area contributed by atoms with Crippen LogP contribution in [0.3, 0.4) is 0 Å². The van der Waals surface area contributed by atoms with E-state index in [-0.39, 0.29) is 22.9 Å². The van der Waals surface area contributed by atoms with Gasteiger partial charge in [0.15, 0.2) is 11.6 Å². The fourth-order valence-corrected chi connectivity index (χ4v) is 3.19. The highest BCUT2D eigenvalue weighted by Gasteiger charge is 2.31. The summed E-state index contributed by atoms with van der Waals surface area (Å²) in [6.45, 7) is 1.92. The third-order valence-corrected chi connectivity index (χ3v) is 4.92. The highest BCUT2D eigenvalue weighted by molar-refractivity contribution is 6.04. The Kier molecular flexibility index (Phi) is 6.72. The van der Waals surface area contributed by atoms with Crippen molar-refractivity contribution >= 4 is 11.6 Å². The van der Waals surface area contributed by atoms with Crippen LogP contribution in [-0.4, -0.2) is 20.9 Å². The number of hydrogen-bond acceptors (Lipinski definition) is 5. The molecule has 4 aromatic rings. The molecule has 0 spiro atoms. The Hall–Kier alpha value is -4.34. The molecule has 0 bridgehead atoms. The maximum Gasteiger partial charge on any atom is 0.416 e. The van der Waals surface area contributed by atoms with Crippen LogP contribution in [-0.2, 0) is 12.6 Å². The SMILES string of the molecule is CCc1nccc(-c2cccnc2Oc2ccc(NC(=O)c3cccc(C(F)(F)F)c3)cc2F)n1. The molecule has 0 aliphatic carbocycles. The molecule has 1 N–H and O–H groups in total. The van der Waals surface area contributed by atoms with Gasteiger partial charge in [0.25, 0.3) is 5.91 Å². The van der Waals surface area contributed by atoms with Crippen LogP contribution < -0.4 is 10.1 Å². The monoisotopic (exact) mass is 482 g/mol. The molecule has 0 aliphatic heterocycles. The molecule has 6 nitrogen and oxygen atoms in total. The Morgan fingerprint density at radius 2 is 1.83 bits per heavy atom. The van der Waals surface area contributed by atoms with Crippen molar-refractivity contribution in [1.29, 1.82) is 0 Å². The summed E-state index contributed by atoms with van der Waals surface area (Å²) in [7, 11) is 0. The number of alkyl halides is 3. The van der Waals surface area contributed by atoms with Gasteiger partial charge in [-0.25, -0.2) is 19.3 Å². The van der Waals surface area contributed by atoms with Gasteiger partial charge >= 0.3 is 6.18 Å². The Morgan fingerprint density at radius 3 is 2.57 bits per heavy atom. The zero-order valence-electron chi connectivity index (χ0n) is 18.3. The van der Waals surface area contributed by atoms with Crippen LogP contribution in [0.15, 0.2) is 73.1 Å². The van der Waals surface area contributed by atoms with Crippen LogP contribution in [0, 0.1) is 5.82 Å². The van der Waals surface area contributed by atoms with Crippen molar-refractivity contribution in [3.05, 3.63) is 95.8 Å². The molecule has 4 rings (SSSR count). The maximum atomic E-state index is 14.8. The molecule has 2 aromatic heterocycles. The molecule has 10 heteroatoms. The number of carbonyl (C=O) groups excluding carboxylic acids is 1. The summed E-state index contributed by atoms with van der Waals surface area (Å²) in [5.74, 6) is -1.03. The summed E-state index contributed by atoms with van der Waals surface area (Å²) in [5.41, 5.74) is -0.0332. The minimum atomic E-state index is -4.59. The van der Waals surface area contributed by atoms with Gasteiger partial charge in [0, 0.05) is 36.1 Å². The molecular weight excluding hydrogens is 464 g/mol. The third kappa shape index (κ3) is 5.60. The molecule has 0 saturated heterocycles. The van der Waals surface area contributed by atoms with Gasteiger partial charge in [-0.15, -0.1) is 0 Å². The van der Waals surface area contributed by atoms with Crippen molar-refractivity contribution in [2.75, 3.05) is 5.32 Å². The number of hydrogen-bond donors (Lipinski definition) is 1. The zero-order valence-corrected chi connectivity index (χ0v) is 18.3. The van der Waals surface area contributed by atoms with Gasteiger partial charge in [0.05, 0.1) is 16.8 Å². The van der Waals surface area contributed by atoms with E-state index in [4.69, 9.17) is 4.74 Å². The summed E-state index contributed by atoms with van der Waals surface area (Å²) in [4.78, 5) is 25.2. The van der Waals surface area contributed by atoms with Gasteiger partial charge in [-0.2, -0.15) is 13.2 Å². The molecule has 0 unspecified atom stereocenters. The Morgan fingerprint density at radius 1 is 1.00 bits per heavy atom. The molecule has 2 heterocycles. The van der Waals surface area contributed by atoms with Crippen LogP contribution in [0.2, 0.25) is 0 Å². The third-order valence-electron chi connectivity index (χ3n) is 4.92. The first-order valence-corrected chi connectivity index (χ1v) is 10.5. The van der Waals surface area contributed by atoms with Crippen molar-refractivity contribution in [2.24, 2.45) is 0 Å². The second kappa shape index (κ2) is 9.88. The molecule has 35 heavy (non-hydrogen) atoms. The number of pyridine rings is 1. The van der Waals surface area contributed by atoms with Crippen molar-refractivity contribution < 1.29 is 27.1 Å². The average Bonchev–Trinajstić information content (AvgIpc) is 2.85. The molecule has 0 radical (unpaired) electrons. The number of amides is 1. The summed E-state index contributed by atoms with van der Waals surface area (Å²) in [6, 6.07) is 12.7. The number of benzene rings is 2. The van der Waals surface area contributed by atoms with Gasteiger partial charge in [0.1, 0.15) is 5.82 Å². The molecule has 1 amide bonds. The fraction of sp³-hybridized carbons (Fsp3) is 0.120. The predicted molar refractivity (Wildman–Crippen MR) is 121 cm³/mol. The first-order valence-electron chi connectivity index (χ1n) is 10.5. The number of halogens is 4. The summed E-state index contributed by atoms with van der Waals surface area (Å²) < 4.78 is 59.2. The molecule has 2 aromatic carbocycles. The molecule has 178 valence electrons. The number of rotatable bonds is 6. The van der Waals surface area contributed by atoms with Crippen LogP contribution >= 0.6 is 0 Å². The molecular formula is C25H18F4N4O2. The van der Waals surface area contributed by atoms with Crippen molar-refractivity contribution in [3.8, 4) is 22.9 Å². The van der Waals surface area contributed by atoms with E-state index in [1.54, 1.807) is 24.4 Å². The number of aromatic nitrogens is 3. The lowest BCUT2D eigenvalue weighted by atomic mass is 10.1. The first-order chi connectivity index (χ1) is 16.7. The highest BCUT2D eigenvalue weighted by atomic mass is 19.4. The Bertz CT molecular complexity index is 1380. The van der Waals surface area contributed by atoms with E-state index in [9.17, 15) is 22.4 Å². The van der Waals surface area contributed by atoms with Crippen molar-refractivity contribution in [3.63, 3.8) is 0 Å². The van der Waals surface area contributed by atoms with Gasteiger partial charge < -0.3 is 10.1 Å². The van der Waals surface area contributed by atoms with Crippen LogP contribution in [0.25, 0.3) is 11.3 Å². The number of nitrogens with one attached hydrogen (secondary N) is 1. The number of carbonyl (C=O) groups is 1. The van der Waals surface area contributed by atoms with E-state index in [0.29, 0.717) is 23.5 Å². The summed E-state index contributed by atoms with van der Waals surface area (Å²) in [6.07, 6.45) is -0.856. The smallest absolute Gasteiger partial charge is 0.416 e. The summed E-state index contributed by atoms with van der Waals surface area (Å²) >= 11 is 0. The maximum absolute atomic E-state index is 14.8. The minimum absolute atomic E-state index is 0.0434. The van der Waals surface area contributed by atoms with Crippen LogP contribution in [0.4, 0.5) is 23.2 Å². The van der Waals surface area contributed by atoms with Crippen molar-refractivity contribution in [1.82, 2.24) is 15.0 Å². The van der Waals surface area contributed by atoms with Gasteiger partial charge in [-0.05, 0) is 48.5 Å². The van der Waals surface area contributed by atoms with E-state index in [1.165, 1.54) is 24.4 Å². The zero-order chi connectivity index (χ0) is 25.0. The summed E-state index contributed by atoms with van der Waals surface area (Å²) in [5, 5.41) is 2.38. The number of anilines is 1. The first kappa shape index (κ1) is 23.8. The Labute approximate surface area is 197 Å². The molecule has 0 saturated carbocycles. The second-order valence-electron chi connectivity index (χ2n) is 7.35. The standard InChI is InChI=1S/C25H18F4N4O2/c1-2-22-30-12-10-20(33-22)18-7-4-11-31-24(18)35-21-9-8-17(14-19(21)26)32-23(34)15-5-3-6-16(13-15)25(27,28)29/h3-14H,2H2,1H3,(H,32,34). The van der Waals surface area contributed by atoms with E-state index in [0.717, 1.165) is 24.3 Å². The minimum Gasteiger partial charge on any atom is -0.435 e. The Balaban J connectivity index is 1.54. The fourth-order valence-electron chi connectivity index (χ4n) is 3.19. The lowest BCUT2D eigenvalue weighted by Crippen LogP contribution is -2.14. The highest BCUT2D eigenvalue weighted by Crippen LogP contribution is 2.33. The van der Waals surface area contributed by atoms with Gasteiger partial charge in [-0.3, -0.25) is 4.79 Å². The topological polar surface area (TPSA) is 77.0 Å². The van der Waals surface area contributed by atoms with E-state index in [1.807, 2.05) is 6.92 Å². The second-order valence-corrected chi connectivity index (χ2v) is 7.35. The lowest BCUT2D eigenvalue weighted by molar-refractivity contribution is -0.137. The van der Waals surface area contributed by atoms with Crippen molar-refractivity contribution in [2.45, 2.75) is 19.5 Å². The normalized spacial score (nSPS) is 11.2. The molecule has 0 atom stereocenters. The number of aryl methyl sites for hydroxylation is 1. The van der Waals surface area contributed by atoms with Gasteiger partial charge in [-0.1, -0.05) is 13.0 Å². The number of nitrogens with zero attached hydrogens (tertiary/aromatic N) is 3. The predicted octanol–water partition coefficient (Wildman–Crippen LogP) is 6.30. The van der Waals surface area contributed by atoms with E-state index >= 15 is 0 Å². The van der Waals surface area contributed by atoms with Crippen LogP contribution in [0.5, 0.6) is 11.6 Å². The largest absolute Gasteiger partial charge is 0.435 e. The lowest BCUT2D eigenvalue weighted by Gasteiger charge is -2.12.